The third-order valence-corrected chi connectivity index (χ3v) is 6.65. The molecule has 0 saturated carbocycles. The number of likely N-dealkylation sites (tertiary alicyclic amines) is 1. The van der Waals surface area contributed by atoms with E-state index < -0.39 is 0 Å². The van der Waals surface area contributed by atoms with Crippen molar-refractivity contribution in [2.24, 2.45) is 0 Å². The maximum Gasteiger partial charge on any atom is 0.259 e. The van der Waals surface area contributed by atoms with Crippen LogP contribution < -0.4 is 4.90 Å². The SMILES string of the molecule is O=C(c1cccc2c1C(=O)N(c1ccccc1)C2)N1CCC[C@@H](c2nnc3ccccn23)C1. The number of hydrogen-bond acceptors (Lipinski definition) is 4. The average molecular weight is 438 g/mol. The van der Waals surface area contributed by atoms with Crippen LogP contribution in [0.15, 0.2) is 72.9 Å². The molecule has 7 heteroatoms. The summed E-state index contributed by atoms with van der Waals surface area (Å²) in [7, 11) is 0. The van der Waals surface area contributed by atoms with Crippen LogP contribution in [0.3, 0.4) is 0 Å². The number of pyridine rings is 1. The Morgan fingerprint density at radius 1 is 0.939 bits per heavy atom. The Balaban J connectivity index is 1.29. The molecule has 2 aliphatic heterocycles. The largest absolute Gasteiger partial charge is 0.338 e. The third kappa shape index (κ3) is 3.28. The molecule has 33 heavy (non-hydrogen) atoms. The van der Waals surface area contributed by atoms with Gasteiger partial charge in [0.15, 0.2) is 5.65 Å². The van der Waals surface area contributed by atoms with Crippen molar-refractivity contribution >= 4 is 23.1 Å². The van der Waals surface area contributed by atoms with Crippen molar-refractivity contribution in [1.29, 1.82) is 0 Å². The second kappa shape index (κ2) is 7.85. The van der Waals surface area contributed by atoms with Crippen molar-refractivity contribution in [3.63, 3.8) is 0 Å². The Kier molecular flexibility index (Phi) is 4.68. The number of aromatic nitrogens is 3. The molecule has 0 bridgehead atoms. The first-order valence-corrected chi connectivity index (χ1v) is 11.3. The molecule has 2 amide bonds. The zero-order valence-electron chi connectivity index (χ0n) is 18.1. The van der Waals surface area contributed by atoms with E-state index in [1.165, 1.54) is 0 Å². The molecule has 2 aliphatic rings. The van der Waals surface area contributed by atoms with E-state index >= 15 is 0 Å². The first kappa shape index (κ1) is 19.7. The number of carbonyl (C=O) groups excluding carboxylic acids is 2. The molecule has 0 unspecified atom stereocenters. The van der Waals surface area contributed by atoms with Gasteiger partial charge in [0.05, 0.1) is 17.7 Å². The van der Waals surface area contributed by atoms with Crippen LogP contribution in [-0.4, -0.2) is 44.4 Å². The summed E-state index contributed by atoms with van der Waals surface area (Å²) in [6.07, 6.45) is 3.80. The minimum Gasteiger partial charge on any atom is -0.338 e. The van der Waals surface area contributed by atoms with Gasteiger partial charge in [-0.15, -0.1) is 10.2 Å². The zero-order valence-corrected chi connectivity index (χ0v) is 18.1. The van der Waals surface area contributed by atoms with Crippen LogP contribution in [0, 0.1) is 0 Å². The quantitative estimate of drug-likeness (QED) is 0.487. The number of amides is 2. The smallest absolute Gasteiger partial charge is 0.259 e. The summed E-state index contributed by atoms with van der Waals surface area (Å²) in [5.74, 6) is 0.784. The van der Waals surface area contributed by atoms with E-state index in [-0.39, 0.29) is 17.7 Å². The van der Waals surface area contributed by atoms with Crippen molar-refractivity contribution in [3.05, 3.63) is 95.4 Å². The van der Waals surface area contributed by atoms with Gasteiger partial charge in [-0.2, -0.15) is 0 Å². The highest BCUT2D eigenvalue weighted by Crippen LogP contribution is 2.32. The second-order valence-electron chi connectivity index (χ2n) is 8.64. The van der Waals surface area contributed by atoms with Gasteiger partial charge in [0.1, 0.15) is 5.82 Å². The average Bonchev–Trinajstić information content (AvgIpc) is 3.46. The summed E-state index contributed by atoms with van der Waals surface area (Å²) in [6, 6.07) is 21.0. The molecule has 0 N–H and O–H groups in total. The summed E-state index contributed by atoms with van der Waals surface area (Å²) in [4.78, 5) is 30.6. The van der Waals surface area contributed by atoms with E-state index in [1.807, 2.05) is 76.2 Å². The molecule has 2 aromatic carbocycles. The molecular weight excluding hydrogens is 414 g/mol. The minimum atomic E-state index is -0.114. The van der Waals surface area contributed by atoms with Crippen LogP contribution in [0.5, 0.6) is 0 Å². The summed E-state index contributed by atoms with van der Waals surface area (Å²) in [5.41, 5.74) is 3.56. The highest BCUT2D eigenvalue weighted by molar-refractivity contribution is 6.16. The van der Waals surface area contributed by atoms with Gasteiger partial charge in [0.2, 0.25) is 0 Å². The molecule has 6 rings (SSSR count). The lowest BCUT2D eigenvalue weighted by Gasteiger charge is -2.32. The van der Waals surface area contributed by atoms with E-state index in [0.29, 0.717) is 30.8 Å². The molecule has 1 saturated heterocycles. The molecule has 0 radical (unpaired) electrons. The van der Waals surface area contributed by atoms with E-state index in [1.54, 1.807) is 11.0 Å². The summed E-state index contributed by atoms with van der Waals surface area (Å²) < 4.78 is 2.00. The van der Waals surface area contributed by atoms with E-state index in [2.05, 4.69) is 10.2 Å². The highest BCUT2D eigenvalue weighted by atomic mass is 16.2. The molecule has 7 nitrogen and oxygen atoms in total. The lowest BCUT2D eigenvalue weighted by atomic mass is 9.95. The summed E-state index contributed by atoms with van der Waals surface area (Å²) in [6.45, 7) is 1.72. The fourth-order valence-electron chi connectivity index (χ4n) is 5.04. The van der Waals surface area contributed by atoms with Crippen molar-refractivity contribution in [3.8, 4) is 0 Å². The van der Waals surface area contributed by atoms with Crippen molar-refractivity contribution in [1.82, 2.24) is 19.5 Å². The number of para-hydroxylation sites is 1. The number of benzene rings is 2. The van der Waals surface area contributed by atoms with E-state index in [0.717, 1.165) is 35.6 Å². The molecule has 0 spiro atoms. The van der Waals surface area contributed by atoms with Gasteiger partial charge in [-0.3, -0.25) is 14.0 Å². The number of piperidine rings is 1. The molecule has 0 aliphatic carbocycles. The Labute approximate surface area is 191 Å². The standard InChI is InChI=1S/C26H23N5O2/c32-25(29-14-7-9-19(16-29)24-28-27-22-13-4-5-15-30(22)24)21-12-6-8-18-17-31(26(33)23(18)21)20-10-2-1-3-11-20/h1-6,8,10-13,15,19H,7,9,14,16-17H2/t19-/m1/s1. The maximum atomic E-state index is 13.6. The van der Waals surface area contributed by atoms with Crippen molar-refractivity contribution < 1.29 is 9.59 Å². The van der Waals surface area contributed by atoms with Crippen LogP contribution in [0.1, 0.15) is 50.9 Å². The number of nitrogens with zero attached hydrogens (tertiary/aromatic N) is 5. The van der Waals surface area contributed by atoms with E-state index in [4.69, 9.17) is 0 Å². The lowest BCUT2D eigenvalue weighted by Crippen LogP contribution is -2.40. The topological polar surface area (TPSA) is 70.8 Å². The van der Waals surface area contributed by atoms with Crippen LogP contribution in [0.4, 0.5) is 5.69 Å². The number of hydrogen-bond donors (Lipinski definition) is 0. The molecular formula is C26H23N5O2. The molecule has 4 aromatic rings. The zero-order chi connectivity index (χ0) is 22.4. The first-order valence-electron chi connectivity index (χ1n) is 11.3. The van der Waals surface area contributed by atoms with Gasteiger partial charge in [-0.05, 0) is 48.7 Å². The minimum absolute atomic E-state index is 0.0892. The van der Waals surface area contributed by atoms with Gasteiger partial charge in [-0.25, -0.2) is 0 Å². The van der Waals surface area contributed by atoms with Crippen LogP contribution >= 0.6 is 0 Å². The molecule has 4 heterocycles. The van der Waals surface area contributed by atoms with Gasteiger partial charge in [-0.1, -0.05) is 36.4 Å². The maximum absolute atomic E-state index is 13.6. The molecule has 1 atom stereocenters. The second-order valence-corrected chi connectivity index (χ2v) is 8.64. The van der Waals surface area contributed by atoms with E-state index in [9.17, 15) is 9.59 Å². The van der Waals surface area contributed by atoms with Gasteiger partial charge < -0.3 is 9.80 Å². The Morgan fingerprint density at radius 3 is 2.67 bits per heavy atom. The van der Waals surface area contributed by atoms with Crippen molar-refractivity contribution in [2.45, 2.75) is 25.3 Å². The first-order chi connectivity index (χ1) is 16.2. The Bertz CT molecular complexity index is 1360. The normalized spacial score (nSPS) is 18.1. The number of fused-ring (bicyclic) bond motifs is 2. The van der Waals surface area contributed by atoms with Crippen molar-refractivity contribution in [2.75, 3.05) is 18.0 Å². The van der Waals surface area contributed by atoms with Crippen LogP contribution in [-0.2, 0) is 6.54 Å². The molecule has 2 aromatic heterocycles. The fraction of sp³-hybridized carbons (Fsp3) is 0.231. The molecule has 1 fully saturated rings. The Hall–Kier alpha value is -4.00. The fourth-order valence-corrected chi connectivity index (χ4v) is 5.04. The predicted molar refractivity (Wildman–Crippen MR) is 124 cm³/mol. The summed E-state index contributed by atoms with van der Waals surface area (Å²) in [5, 5.41) is 8.69. The predicted octanol–water partition coefficient (Wildman–Crippen LogP) is 3.91. The monoisotopic (exact) mass is 437 g/mol. The highest BCUT2D eigenvalue weighted by Gasteiger charge is 2.35. The van der Waals surface area contributed by atoms with Gasteiger partial charge in [0.25, 0.3) is 11.8 Å². The van der Waals surface area contributed by atoms with Gasteiger partial charge in [0, 0.05) is 30.9 Å². The lowest BCUT2D eigenvalue weighted by molar-refractivity contribution is 0.0700. The number of rotatable bonds is 3. The Morgan fingerprint density at radius 2 is 1.79 bits per heavy atom. The molecule has 164 valence electrons. The van der Waals surface area contributed by atoms with Crippen LogP contribution in [0.2, 0.25) is 0 Å². The van der Waals surface area contributed by atoms with Crippen LogP contribution in [0.25, 0.3) is 5.65 Å². The number of carbonyl (C=O) groups is 2. The third-order valence-electron chi connectivity index (χ3n) is 6.65. The van der Waals surface area contributed by atoms with Gasteiger partial charge >= 0.3 is 0 Å². The number of anilines is 1. The summed E-state index contributed by atoms with van der Waals surface area (Å²) >= 11 is 0.